The molecular formula is C8H15NO3S2. The Bertz CT molecular complexity index is 334. The van der Waals surface area contributed by atoms with Crippen LogP contribution in [-0.4, -0.2) is 48.2 Å². The number of nitrogens with one attached hydrogen (secondary N) is 1. The van der Waals surface area contributed by atoms with E-state index in [4.69, 9.17) is 0 Å². The Morgan fingerprint density at radius 3 is 2.50 bits per heavy atom. The summed E-state index contributed by atoms with van der Waals surface area (Å²) in [5, 5.41) is 3.02. The molecule has 0 aromatic heterocycles. The van der Waals surface area contributed by atoms with Gasteiger partial charge in [0.1, 0.15) is 0 Å². The average molecular weight is 237 g/mol. The predicted octanol–water partition coefficient (Wildman–Crippen LogP) is -0.858. The van der Waals surface area contributed by atoms with Crippen LogP contribution in [0.2, 0.25) is 0 Å². The number of rotatable bonds is 3. The van der Waals surface area contributed by atoms with Gasteiger partial charge in [0.25, 0.3) is 0 Å². The van der Waals surface area contributed by atoms with Crippen LogP contribution in [-0.2, 0) is 20.6 Å². The predicted molar refractivity (Wildman–Crippen MR) is 56.4 cm³/mol. The van der Waals surface area contributed by atoms with Crippen molar-refractivity contribution >= 4 is 20.6 Å². The van der Waals surface area contributed by atoms with E-state index >= 15 is 0 Å². The molecule has 0 spiro atoms. The SMILES string of the molecule is O=S(CC1CNC1)C1CCS(=O)(=O)C1. The Hall–Kier alpha value is 0.0600. The smallest absolute Gasteiger partial charge is 0.151 e. The van der Waals surface area contributed by atoms with E-state index < -0.39 is 20.6 Å². The molecular weight excluding hydrogens is 222 g/mol. The lowest BCUT2D eigenvalue weighted by Crippen LogP contribution is -2.45. The Balaban J connectivity index is 1.86. The molecule has 4 nitrogen and oxygen atoms in total. The third-order valence-corrected chi connectivity index (χ3v) is 6.75. The van der Waals surface area contributed by atoms with Gasteiger partial charge in [0.2, 0.25) is 0 Å². The number of sulfone groups is 1. The fraction of sp³-hybridized carbons (Fsp3) is 1.00. The van der Waals surface area contributed by atoms with Crippen molar-refractivity contribution in [3.8, 4) is 0 Å². The highest BCUT2D eigenvalue weighted by Crippen LogP contribution is 2.19. The molecule has 2 aliphatic rings. The molecule has 2 unspecified atom stereocenters. The molecule has 0 aromatic rings. The van der Waals surface area contributed by atoms with Crippen LogP contribution in [0.5, 0.6) is 0 Å². The van der Waals surface area contributed by atoms with E-state index in [0.29, 0.717) is 18.1 Å². The third-order valence-electron chi connectivity index (χ3n) is 2.83. The van der Waals surface area contributed by atoms with E-state index in [0.717, 1.165) is 13.1 Å². The molecule has 0 aromatic carbocycles. The maximum atomic E-state index is 11.8. The first-order valence-electron chi connectivity index (χ1n) is 4.85. The molecule has 2 atom stereocenters. The van der Waals surface area contributed by atoms with Gasteiger partial charge in [0.15, 0.2) is 9.84 Å². The monoisotopic (exact) mass is 237 g/mol. The molecule has 2 rings (SSSR count). The minimum absolute atomic E-state index is 0.0967. The van der Waals surface area contributed by atoms with Gasteiger partial charge in [-0.25, -0.2) is 8.42 Å². The lowest BCUT2D eigenvalue weighted by Gasteiger charge is -2.27. The second-order valence-corrected chi connectivity index (χ2v) is 8.09. The number of hydrogen-bond acceptors (Lipinski definition) is 4. The van der Waals surface area contributed by atoms with Gasteiger partial charge in [0.05, 0.1) is 11.5 Å². The Kier molecular flexibility index (Phi) is 2.95. The van der Waals surface area contributed by atoms with Crippen molar-refractivity contribution in [3.63, 3.8) is 0 Å². The van der Waals surface area contributed by atoms with Crippen molar-refractivity contribution in [2.45, 2.75) is 11.7 Å². The zero-order chi connectivity index (χ0) is 10.2. The summed E-state index contributed by atoms with van der Waals surface area (Å²) in [5.74, 6) is 1.54. The van der Waals surface area contributed by atoms with Crippen LogP contribution < -0.4 is 5.32 Å². The average Bonchev–Trinajstić information content (AvgIpc) is 2.38. The summed E-state index contributed by atoms with van der Waals surface area (Å²) in [4.78, 5) is 0. The summed E-state index contributed by atoms with van der Waals surface area (Å²) < 4.78 is 34.1. The van der Waals surface area contributed by atoms with E-state index in [1.165, 1.54) is 0 Å². The first-order valence-corrected chi connectivity index (χ1v) is 8.05. The molecule has 0 bridgehead atoms. The highest BCUT2D eigenvalue weighted by atomic mass is 32.2. The Morgan fingerprint density at radius 1 is 1.36 bits per heavy atom. The molecule has 1 N–H and O–H groups in total. The van der Waals surface area contributed by atoms with Gasteiger partial charge in [-0.05, 0) is 12.3 Å². The van der Waals surface area contributed by atoms with E-state index in [9.17, 15) is 12.6 Å². The summed E-state index contributed by atoms with van der Waals surface area (Å²) in [5.41, 5.74) is 0. The largest absolute Gasteiger partial charge is 0.316 e. The molecule has 0 saturated carbocycles. The summed E-state index contributed by atoms with van der Waals surface area (Å²) >= 11 is 0. The van der Waals surface area contributed by atoms with Crippen LogP contribution >= 0.6 is 0 Å². The van der Waals surface area contributed by atoms with Crippen LogP contribution in [0.1, 0.15) is 6.42 Å². The van der Waals surface area contributed by atoms with Crippen molar-refractivity contribution in [1.29, 1.82) is 0 Å². The highest BCUT2D eigenvalue weighted by molar-refractivity contribution is 7.94. The van der Waals surface area contributed by atoms with Crippen LogP contribution in [0.3, 0.4) is 0 Å². The van der Waals surface area contributed by atoms with Crippen molar-refractivity contribution < 1.29 is 12.6 Å². The molecule has 2 aliphatic heterocycles. The molecule has 0 amide bonds. The fourth-order valence-corrected chi connectivity index (χ4v) is 6.08. The summed E-state index contributed by atoms with van der Waals surface area (Å²) in [6.45, 7) is 1.87. The lowest BCUT2D eigenvalue weighted by atomic mass is 10.1. The summed E-state index contributed by atoms with van der Waals surface area (Å²) in [6.07, 6.45) is 0.592. The second kappa shape index (κ2) is 3.90. The van der Waals surface area contributed by atoms with Gasteiger partial charge in [-0.15, -0.1) is 0 Å². The highest BCUT2D eigenvalue weighted by Gasteiger charge is 2.33. The van der Waals surface area contributed by atoms with Crippen LogP contribution in [0.25, 0.3) is 0 Å². The van der Waals surface area contributed by atoms with E-state index in [1.54, 1.807) is 0 Å². The first kappa shape index (κ1) is 10.6. The standard InChI is InChI=1S/C8H15NO3S2/c10-13(5-7-3-9-4-7)8-1-2-14(11,12)6-8/h7-9H,1-6H2. The van der Waals surface area contributed by atoms with E-state index in [1.807, 2.05) is 0 Å². The van der Waals surface area contributed by atoms with Crippen molar-refractivity contribution in [1.82, 2.24) is 5.32 Å². The molecule has 82 valence electrons. The van der Waals surface area contributed by atoms with Crippen LogP contribution in [0, 0.1) is 5.92 Å². The van der Waals surface area contributed by atoms with Gasteiger partial charge in [0, 0.05) is 34.9 Å². The van der Waals surface area contributed by atoms with Crippen molar-refractivity contribution in [2.24, 2.45) is 5.92 Å². The third kappa shape index (κ3) is 2.35. The molecule has 14 heavy (non-hydrogen) atoms. The van der Waals surface area contributed by atoms with Gasteiger partial charge in [-0.1, -0.05) is 0 Å². The molecule has 2 fully saturated rings. The second-order valence-electron chi connectivity index (χ2n) is 4.10. The quantitative estimate of drug-likeness (QED) is 0.694. The summed E-state index contributed by atoms with van der Waals surface area (Å²) in [7, 11) is -3.81. The maximum absolute atomic E-state index is 11.8. The number of hydrogen-bond donors (Lipinski definition) is 1. The minimum Gasteiger partial charge on any atom is -0.316 e. The van der Waals surface area contributed by atoms with Gasteiger partial charge in [-0.3, -0.25) is 4.21 Å². The van der Waals surface area contributed by atoms with Gasteiger partial charge in [-0.2, -0.15) is 0 Å². The zero-order valence-electron chi connectivity index (χ0n) is 7.94. The molecule has 0 aliphatic carbocycles. The topological polar surface area (TPSA) is 63.2 Å². The maximum Gasteiger partial charge on any atom is 0.151 e. The van der Waals surface area contributed by atoms with Crippen LogP contribution in [0.4, 0.5) is 0 Å². The molecule has 0 radical (unpaired) electrons. The molecule has 6 heteroatoms. The molecule has 2 heterocycles. The molecule has 2 saturated heterocycles. The Morgan fingerprint density at radius 2 is 2.07 bits per heavy atom. The van der Waals surface area contributed by atoms with Crippen molar-refractivity contribution in [3.05, 3.63) is 0 Å². The van der Waals surface area contributed by atoms with Gasteiger partial charge < -0.3 is 5.32 Å². The zero-order valence-corrected chi connectivity index (χ0v) is 9.57. The normalized spacial score (nSPS) is 33.9. The van der Waals surface area contributed by atoms with E-state index in [-0.39, 0.29) is 16.8 Å². The summed E-state index contributed by atoms with van der Waals surface area (Å²) in [6, 6.07) is 0. The Labute approximate surface area is 86.8 Å². The van der Waals surface area contributed by atoms with Crippen molar-refractivity contribution in [2.75, 3.05) is 30.3 Å². The van der Waals surface area contributed by atoms with E-state index in [2.05, 4.69) is 5.32 Å². The fourth-order valence-electron chi connectivity index (χ4n) is 1.80. The minimum atomic E-state index is -2.87. The lowest BCUT2D eigenvalue weighted by molar-refractivity contribution is 0.382. The first-order chi connectivity index (χ1) is 6.57. The van der Waals surface area contributed by atoms with Crippen LogP contribution in [0.15, 0.2) is 0 Å². The van der Waals surface area contributed by atoms with Gasteiger partial charge >= 0.3 is 0 Å².